The van der Waals surface area contributed by atoms with E-state index in [0.717, 1.165) is 12.8 Å². The number of carbonyl (C=O) groups is 1. The maximum atomic E-state index is 10.7. The first-order valence-electron chi connectivity index (χ1n) is 5.73. The molecule has 2 heterocycles. The first kappa shape index (κ1) is 13.1. The van der Waals surface area contributed by atoms with E-state index in [1.54, 1.807) is 12.4 Å². The van der Waals surface area contributed by atoms with Crippen LogP contribution in [0.1, 0.15) is 12.8 Å². The van der Waals surface area contributed by atoms with Gasteiger partial charge in [0.05, 0.1) is 19.0 Å². The van der Waals surface area contributed by atoms with E-state index in [4.69, 9.17) is 9.84 Å². The second kappa shape index (κ2) is 5.99. The normalized spacial score (nSPS) is 16.6. The molecule has 0 aliphatic carbocycles. The second-order valence-corrected chi connectivity index (χ2v) is 5.01. The Morgan fingerprint density at radius 2 is 2.17 bits per heavy atom. The van der Waals surface area contributed by atoms with E-state index in [1.165, 1.54) is 4.90 Å². The van der Waals surface area contributed by atoms with Crippen LogP contribution in [0.2, 0.25) is 0 Å². The fourth-order valence-corrected chi connectivity index (χ4v) is 2.07. The van der Waals surface area contributed by atoms with Gasteiger partial charge in [-0.15, -0.1) is 0 Å². The van der Waals surface area contributed by atoms with Gasteiger partial charge < -0.3 is 14.7 Å². The number of halogens is 1. The highest BCUT2D eigenvalue weighted by Gasteiger charge is 2.22. The SMILES string of the molecule is O=C(O)N1CCC(COc2cnc(Br)cn2)CC1. The van der Waals surface area contributed by atoms with Crippen molar-refractivity contribution in [2.45, 2.75) is 12.8 Å². The number of likely N-dealkylation sites (tertiary alicyclic amines) is 1. The summed E-state index contributed by atoms with van der Waals surface area (Å²) in [4.78, 5) is 20.3. The molecule has 0 unspecified atom stereocenters. The van der Waals surface area contributed by atoms with Gasteiger partial charge in [-0.05, 0) is 34.7 Å². The molecule has 0 atom stereocenters. The van der Waals surface area contributed by atoms with E-state index in [9.17, 15) is 4.79 Å². The van der Waals surface area contributed by atoms with Gasteiger partial charge in [-0.2, -0.15) is 0 Å². The monoisotopic (exact) mass is 315 g/mol. The Bertz CT molecular complexity index is 404. The Kier molecular flexibility index (Phi) is 4.35. The smallest absolute Gasteiger partial charge is 0.407 e. The zero-order valence-corrected chi connectivity index (χ0v) is 11.3. The van der Waals surface area contributed by atoms with Crippen LogP contribution in [0.3, 0.4) is 0 Å². The summed E-state index contributed by atoms with van der Waals surface area (Å²) >= 11 is 3.20. The lowest BCUT2D eigenvalue weighted by atomic mass is 9.98. The van der Waals surface area contributed by atoms with Crippen molar-refractivity contribution in [1.29, 1.82) is 0 Å². The lowest BCUT2D eigenvalue weighted by Gasteiger charge is -2.29. The summed E-state index contributed by atoms with van der Waals surface area (Å²) in [5.74, 6) is 0.880. The molecule has 0 saturated carbocycles. The maximum Gasteiger partial charge on any atom is 0.407 e. The molecule has 2 rings (SSSR count). The Labute approximate surface area is 113 Å². The lowest BCUT2D eigenvalue weighted by molar-refractivity contribution is 0.111. The molecule has 98 valence electrons. The van der Waals surface area contributed by atoms with E-state index in [1.807, 2.05) is 0 Å². The van der Waals surface area contributed by atoms with Crippen molar-refractivity contribution in [3.05, 3.63) is 17.0 Å². The van der Waals surface area contributed by atoms with Gasteiger partial charge in [0.15, 0.2) is 0 Å². The van der Waals surface area contributed by atoms with Crippen LogP contribution in [0.4, 0.5) is 4.79 Å². The molecule has 1 N–H and O–H groups in total. The number of piperidine rings is 1. The number of nitrogens with zero attached hydrogens (tertiary/aromatic N) is 3. The number of ether oxygens (including phenoxy) is 1. The van der Waals surface area contributed by atoms with E-state index >= 15 is 0 Å². The van der Waals surface area contributed by atoms with Gasteiger partial charge in [0, 0.05) is 13.1 Å². The fourth-order valence-electron chi connectivity index (χ4n) is 1.87. The Hall–Kier alpha value is -1.37. The minimum Gasteiger partial charge on any atom is -0.476 e. The quantitative estimate of drug-likeness (QED) is 0.923. The molecule has 0 aromatic carbocycles. The number of amides is 1. The minimum atomic E-state index is -0.840. The summed E-state index contributed by atoms with van der Waals surface area (Å²) in [7, 11) is 0. The molecular formula is C11H14BrN3O3. The summed E-state index contributed by atoms with van der Waals surface area (Å²) in [5.41, 5.74) is 0. The van der Waals surface area contributed by atoms with Crippen molar-refractivity contribution in [2.24, 2.45) is 5.92 Å². The highest BCUT2D eigenvalue weighted by atomic mass is 79.9. The highest BCUT2D eigenvalue weighted by molar-refractivity contribution is 9.10. The van der Waals surface area contributed by atoms with Gasteiger partial charge in [0.1, 0.15) is 4.60 Å². The average molecular weight is 316 g/mol. The maximum absolute atomic E-state index is 10.7. The molecule has 0 bridgehead atoms. The summed E-state index contributed by atoms with van der Waals surface area (Å²) in [5, 5.41) is 8.83. The molecule has 1 aliphatic rings. The Morgan fingerprint density at radius 3 is 2.72 bits per heavy atom. The number of carboxylic acid groups (broad SMARTS) is 1. The van der Waals surface area contributed by atoms with E-state index in [-0.39, 0.29) is 0 Å². The predicted octanol–water partition coefficient (Wildman–Crippen LogP) is 2.01. The van der Waals surface area contributed by atoms with Crippen molar-refractivity contribution in [3.8, 4) is 5.88 Å². The average Bonchev–Trinajstić information content (AvgIpc) is 2.38. The molecule has 1 saturated heterocycles. The summed E-state index contributed by atoms with van der Waals surface area (Å²) in [6, 6.07) is 0. The summed E-state index contributed by atoms with van der Waals surface area (Å²) < 4.78 is 6.21. The van der Waals surface area contributed by atoms with Crippen LogP contribution in [0.5, 0.6) is 5.88 Å². The number of hydrogen-bond acceptors (Lipinski definition) is 4. The molecule has 1 aromatic rings. The fraction of sp³-hybridized carbons (Fsp3) is 0.545. The zero-order valence-electron chi connectivity index (χ0n) is 9.75. The van der Waals surface area contributed by atoms with Crippen LogP contribution in [0.25, 0.3) is 0 Å². The van der Waals surface area contributed by atoms with Crippen molar-refractivity contribution >= 4 is 22.0 Å². The van der Waals surface area contributed by atoms with Crippen LogP contribution in [-0.2, 0) is 0 Å². The number of rotatable bonds is 3. The first-order chi connectivity index (χ1) is 8.65. The minimum absolute atomic E-state index is 0.381. The number of aromatic nitrogens is 2. The van der Waals surface area contributed by atoms with Crippen LogP contribution in [0.15, 0.2) is 17.0 Å². The Balaban J connectivity index is 1.75. The van der Waals surface area contributed by atoms with Crippen LogP contribution in [-0.4, -0.2) is 45.8 Å². The van der Waals surface area contributed by atoms with Crippen LogP contribution < -0.4 is 4.74 Å². The Morgan fingerprint density at radius 1 is 1.44 bits per heavy atom. The third-order valence-electron chi connectivity index (χ3n) is 2.95. The summed E-state index contributed by atoms with van der Waals surface area (Å²) in [6.45, 7) is 1.72. The van der Waals surface area contributed by atoms with Crippen molar-refractivity contribution in [3.63, 3.8) is 0 Å². The predicted molar refractivity (Wildman–Crippen MR) is 67.5 cm³/mol. The largest absolute Gasteiger partial charge is 0.476 e. The molecule has 0 spiro atoms. The van der Waals surface area contributed by atoms with Crippen molar-refractivity contribution in [1.82, 2.24) is 14.9 Å². The zero-order chi connectivity index (χ0) is 13.0. The van der Waals surface area contributed by atoms with Crippen molar-refractivity contribution in [2.75, 3.05) is 19.7 Å². The van der Waals surface area contributed by atoms with Crippen LogP contribution in [0, 0.1) is 5.92 Å². The van der Waals surface area contributed by atoms with E-state index < -0.39 is 6.09 Å². The molecule has 18 heavy (non-hydrogen) atoms. The standard InChI is InChI=1S/C11H14BrN3O3/c12-9-5-14-10(6-13-9)18-7-8-1-3-15(4-2-8)11(16)17/h5-6,8H,1-4,7H2,(H,16,17). The highest BCUT2D eigenvalue weighted by Crippen LogP contribution is 2.18. The number of hydrogen-bond donors (Lipinski definition) is 1. The van der Waals surface area contributed by atoms with Crippen molar-refractivity contribution < 1.29 is 14.6 Å². The van der Waals surface area contributed by atoms with E-state index in [2.05, 4.69) is 25.9 Å². The molecule has 1 amide bonds. The summed E-state index contributed by atoms with van der Waals surface area (Å²) in [6.07, 6.45) is 3.97. The van der Waals surface area contributed by atoms with Gasteiger partial charge in [-0.3, -0.25) is 0 Å². The molecule has 0 radical (unpaired) electrons. The van der Waals surface area contributed by atoms with Gasteiger partial charge in [0.25, 0.3) is 0 Å². The van der Waals surface area contributed by atoms with Gasteiger partial charge in [-0.25, -0.2) is 14.8 Å². The molecule has 1 fully saturated rings. The first-order valence-corrected chi connectivity index (χ1v) is 6.52. The topological polar surface area (TPSA) is 75.5 Å². The van der Waals surface area contributed by atoms with Gasteiger partial charge in [0.2, 0.25) is 5.88 Å². The van der Waals surface area contributed by atoms with Gasteiger partial charge in [-0.1, -0.05) is 0 Å². The molecule has 7 heteroatoms. The lowest BCUT2D eigenvalue weighted by Crippen LogP contribution is -2.38. The molecule has 6 nitrogen and oxygen atoms in total. The van der Waals surface area contributed by atoms with Gasteiger partial charge >= 0.3 is 6.09 Å². The van der Waals surface area contributed by atoms with Crippen LogP contribution >= 0.6 is 15.9 Å². The molecular weight excluding hydrogens is 302 g/mol. The molecule has 1 aliphatic heterocycles. The third-order valence-corrected chi connectivity index (χ3v) is 3.36. The molecule has 1 aromatic heterocycles. The third kappa shape index (κ3) is 3.56. The van der Waals surface area contributed by atoms with E-state index in [0.29, 0.717) is 36.1 Å². The second-order valence-electron chi connectivity index (χ2n) is 4.20.